The van der Waals surface area contributed by atoms with Crippen LogP contribution in [0.4, 0.5) is 0 Å². The summed E-state index contributed by atoms with van der Waals surface area (Å²) in [5.41, 5.74) is 5.34. The molecule has 0 bridgehead atoms. The largest absolute Gasteiger partial charge is 0.409 e. The molecular formula is C8H19N3O. The number of nitrogens with one attached hydrogen (secondary N) is 1. The van der Waals surface area contributed by atoms with Gasteiger partial charge in [0.1, 0.15) is 5.84 Å². The van der Waals surface area contributed by atoms with Crippen molar-refractivity contribution in [3.05, 3.63) is 0 Å². The molecule has 0 aliphatic rings. The average Bonchev–Trinajstić information content (AvgIpc) is 2.00. The lowest BCUT2D eigenvalue weighted by molar-refractivity contribution is 0.315. The van der Waals surface area contributed by atoms with E-state index in [1.54, 1.807) is 0 Å². The molecule has 0 radical (unpaired) electrons. The van der Waals surface area contributed by atoms with E-state index in [0.29, 0.717) is 12.3 Å². The van der Waals surface area contributed by atoms with Crippen molar-refractivity contribution in [2.24, 2.45) is 16.8 Å². The maximum Gasteiger partial charge on any atom is 0.140 e. The Morgan fingerprint density at radius 1 is 1.50 bits per heavy atom. The van der Waals surface area contributed by atoms with Gasteiger partial charge in [-0.3, -0.25) is 0 Å². The van der Waals surface area contributed by atoms with Crippen LogP contribution in [0.3, 0.4) is 0 Å². The third-order valence-corrected chi connectivity index (χ3v) is 1.52. The number of hydrogen-bond acceptors (Lipinski definition) is 3. The van der Waals surface area contributed by atoms with Gasteiger partial charge in [0, 0.05) is 12.5 Å². The third-order valence-electron chi connectivity index (χ3n) is 1.52. The Morgan fingerprint density at radius 3 is 2.50 bits per heavy atom. The first-order chi connectivity index (χ1) is 5.56. The van der Waals surface area contributed by atoms with Crippen molar-refractivity contribution in [2.75, 3.05) is 6.54 Å². The molecule has 4 N–H and O–H groups in total. The van der Waals surface area contributed by atoms with E-state index in [0.717, 1.165) is 6.54 Å². The van der Waals surface area contributed by atoms with Crippen LogP contribution in [-0.2, 0) is 0 Å². The highest BCUT2D eigenvalue weighted by Crippen LogP contribution is 1.93. The number of oxime groups is 1. The minimum Gasteiger partial charge on any atom is -0.409 e. The van der Waals surface area contributed by atoms with Crippen molar-refractivity contribution < 1.29 is 5.21 Å². The van der Waals surface area contributed by atoms with Crippen molar-refractivity contribution in [1.29, 1.82) is 0 Å². The average molecular weight is 173 g/mol. The van der Waals surface area contributed by atoms with Gasteiger partial charge in [0.05, 0.1) is 0 Å². The molecule has 4 nitrogen and oxygen atoms in total. The number of nitrogens with zero attached hydrogens (tertiary/aromatic N) is 1. The van der Waals surface area contributed by atoms with Crippen LogP contribution in [0.15, 0.2) is 5.16 Å². The standard InChI is InChI=1S/C8H19N3O/c1-6(2)5-10-7(3)4-8(9)11-12/h6-7,10,12H,4-5H2,1-3H3,(H2,9,11). The highest BCUT2D eigenvalue weighted by atomic mass is 16.4. The van der Waals surface area contributed by atoms with E-state index in [9.17, 15) is 0 Å². The summed E-state index contributed by atoms with van der Waals surface area (Å²) in [7, 11) is 0. The first-order valence-corrected chi connectivity index (χ1v) is 4.26. The summed E-state index contributed by atoms with van der Waals surface area (Å²) in [6.07, 6.45) is 0.587. The molecule has 4 heteroatoms. The molecule has 0 spiro atoms. The summed E-state index contributed by atoms with van der Waals surface area (Å²) >= 11 is 0. The van der Waals surface area contributed by atoms with Crippen LogP contribution in [-0.4, -0.2) is 23.6 Å². The fourth-order valence-corrected chi connectivity index (χ4v) is 0.864. The number of amidine groups is 1. The van der Waals surface area contributed by atoms with Gasteiger partial charge in [0.25, 0.3) is 0 Å². The lowest BCUT2D eigenvalue weighted by atomic mass is 10.2. The van der Waals surface area contributed by atoms with Crippen LogP contribution in [0.5, 0.6) is 0 Å². The minimum atomic E-state index is 0.267. The first kappa shape index (κ1) is 11.2. The van der Waals surface area contributed by atoms with Crippen molar-refractivity contribution in [2.45, 2.75) is 33.2 Å². The van der Waals surface area contributed by atoms with Gasteiger partial charge in [-0.2, -0.15) is 0 Å². The van der Waals surface area contributed by atoms with Crippen molar-refractivity contribution in [3.8, 4) is 0 Å². The van der Waals surface area contributed by atoms with E-state index in [1.165, 1.54) is 0 Å². The summed E-state index contributed by atoms with van der Waals surface area (Å²) in [5.74, 6) is 0.901. The third kappa shape index (κ3) is 5.97. The molecular weight excluding hydrogens is 154 g/mol. The maximum atomic E-state index is 8.30. The molecule has 1 unspecified atom stereocenters. The van der Waals surface area contributed by atoms with Crippen LogP contribution >= 0.6 is 0 Å². The predicted octanol–water partition coefficient (Wildman–Crippen LogP) is 0.757. The van der Waals surface area contributed by atoms with E-state index in [2.05, 4.69) is 24.3 Å². The normalized spacial score (nSPS) is 15.2. The maximum absolute atomic E-state index is 8.30. The van der Waals surface area contributed by atoms with Crippen LogP contribution < -0.4 is 11.1 Å². The molecule has 12 heavy (non-hydrogen) atoms. The van der Waals surface area contributed by atoms with Gasteiger partial charge >= 0.3 is 0 Å². The second-order valence-corrected chi connectivity index (χ2v) is 3.50. The fraction of sp³-hybridized carbons (Fsp3) is 0.875. The Morgan fingerprint density at radius 2 is 2.08 bits per heavy atom. The predicted molar refractivity (Wildman–Crippen MR) is 50.3 cm³/mol. The Kier molecular flexibility index (Phi) is 5.45. The van der Waals surface area contributed by atoms with Gasteiger partial charge in [0.15, 0.2) is 0 Å². The lowest BCUT2D eigenvalue weighted by Gasteiger charge is -2.14. The van der Waals surface area contributed by atoms with Crippen molar-refractivity contribution >= 4 is 5.84 Å². The van der Waals surface area contributed by atoms with E-state index in [-0.39, 0.29) is 11.9 Å². The molecule has 0 amide bonds. The quantitative estimate of drug-likeness (QED) is 0.249. The summed E-state index contributed by atoms with van der Waals surface area (Å²) < 4.78 is 0. The lowest BCUT2D eigenvalue weighted by Crippen LogP contribution is -2.33. The van der Waals surface area contributed by atoms with Gasteiger partial charge in [-0.15, -0.1) is 0 Å². The molecule has 0 heterocycles. The summed E-state index contributed by atoms with van der Waals surface area (Å²) in [5, 5.41) is 14.5. The van der Waals surface area contributed by atoms with Crippen LogP contribution in [0.1, 0.15) is 27.2 Å². The smallest absolute Gasteiger partial charge is 0.140 e. The van der Waals surface area contributed by atoms with E-state index in [4.69, 9.17) is 10.9 Å². The molecule has 0 aliphatic carbocycles. The molecule has 0 aromatic rings. The molecule has 0 rings (SSSR count). The van der Waals surface area contributed by atoms with Crippen LogP contribution in [0, 0.1) is 5.92 Å². The monoisotopic (exact) mass is 173 g/mol. The zero-order chi connectivity index (χ0) is 9.56. The number of rotatable bonds is 5. The highest BCUT2D eigenvalue weighted by molar-refractivity contribution is 5.80. The van der Waals surface area contributed by atoms with Gasteiger partial charge < -0.3 is 16.3 Å². The number of hydrogen-bond donors (Lipinski definition) is 3. The zero-order valence-electron chi connectivity index (χ0n) is 8.04. The molecule has 0 fully saturated rings. The molecule has 0 aliphatic heterocycles. The summed E-state index contributed by atoms with van der Waals surface area (Å²) in [6.45, 7) is 7.26. The molecule has 0 saturated heterocycles. The Balaban J connectivity index is 3.53. The van der Waals surface area contributed by atoms with E-state index < -0.39 is 0 Å². The van der Waals surface area contributed by atoms with Crippen LogP contribution in [0.2, 0.25) is 0 Å². The molecule has 0 saturated carbocycles. The summed E-state index contributed by atoms with van der Waals surface area (Å²) in [4.78, 5) is 0. The second kappa shape index (κ2) is 5.83. The summed E-state index contributed by atoms with van der Waals surface area (Å²) in [6, 6.07) is 0.267. The van der Waals surface area contributed by atoms with Crippen molar-refractivity contribution in [1.82, 2.24) is 5.32 Å². The first-order valence-electron chi connectivity index (χ1n) is 4.26. The minimum absolute atomic E-state index is 0.267. The molecule has 72 valence electrons. The molecule has 1 atom stereocenters. The fourth-order valence-electron chi connectivity index (χ4n) is 0.864. The van der Waals surface area contributed by atoms with E-state index in [1.807, 2.05) is 6.92 Å². The van der Waals surface area contributed by atoms with Crippen LogP contribution in [0.25, 0.3) is 0 Å². The Hall–Kier alpha value is -0.770. The molecule has 0 aromatic carbocycles. The zero-order valence-corrected chi connectivity index (χ0v) is 8.04. The second-order valence-electron chi connectivity index (χ2n) is 3.50. The van der Waals surface area contributed by atoms with Crippen molar-refractivity contribution in [3.63, 3.8) is 0 Å². The van der Waals surface area contributed by atoms with Gasteiger partial charge in [-0.25, -0.2) is 0 Å². The molecule has 0 aromatic heterocycles. The Labute approximate surface area is 73.8 Å². The van der Waals surface area contributed by atoms with E-state index >= 15 is 0 Å². The van der Waals surface area contributed by atoms with Gasteiger partial charge in [0.2, 0.25) is 0 Å². The SMILES string of the molecule is CC(C)CNC(C)CC(N)=NO. The van der Waals surface area contributed by atoms with Gasteiger partial charge in [-0.1, -0.05) is 19.0 Å². The highest BCUT2D eigenvalue weighted by Gasteiger charge is 2.04. The Bertz CT molecular complexity index is 145. The van der Waals surface area contributed by atoms with Gasteiger partial charge in [-0.05, 0) is 19.4 Å². The number of nitrogens with two attached hydrogens (primary N) is 1. The topological polar surface area (TPSA) is 70.6 Å².